The molecule has 0 atom stereocenters. The number of rotatable bonds is 3. The number of para-hydroxylation sites is 1. The van der Waals surface area contributed by atoms with Gasteiger partial charge in [0, 0.05) is 7.05 Å². The molecule has 4 N–H and O–H groups in total. The van der Waals surface area contributed by atoms with Crippen molar-refractivity contribution in [3.05, 3.63) is 29.8 Å². The van der Waals surface area contributed by atoms with E-state index >= 15 is 0 Å². The van der Waals surface area contributed by atoms with Crippen LogP contribution in [0, 0.1) is 0 Å². The summed E-state index contributed by atoms with van der Waals surface area (Å²) < 4.78 is 0. The van der Waals surface area contributed by atoms with Gasteiger partial charge in [0.05, 0.1) is 16.8 Å². The van der Waals surface area contributed by atoms with E-state index in [0.29, 0.717) is 24.1 Å². The molecule has 0 bridgehead atoms. The molecular weight excluding hydrogens is 218 g/mol. The van der Waals surface area contributed by atoms with Crippen molar-refractivity contribution in [1.82, 2.24) is 5.32 Å². The second-order valence-corrected chi connectivity index (χ2v) is 4.23. The summed E-state index contributed by atoms with van der Waals surface area (Å²) in [5, 5.41) is 5.23. The normalized spacial score (nSPS) is 16.1. The second-order valence-electron chi connectivity index (χ2n) is 4.23. The highest BCUT2D eigenvalue weighted by Gasteiger charge is 2.46. The van der Waals surface area contributed by atoms with Crippen LogP contribution in [0.2, 0.25) is 0 Å². The van der Waals surface area contributed by atoms with Gasteiger partial charge < -0.3 is 16.4 Å². The minimum absolute atomic E-state index is 0.228. The van der Waals surface area contributed by atoms with Gasteiger partial charge in [-0.1, -0.05) is 12.1 Å². The Labute approximate surface area is 99.4 Å². The zero-order chi connectivity index (χ0) is 12.5. The lowest BCUT2D eigenvalue weighted by atomic mass is 10.1. The Morgan fingerprint density at radius 1 is 1.29 bits per heavy atom. The number of anilines is 1. The van der Waals surface area contributed by atoms with Crippen LogP contribution in [0.1, 0.15) is 23.2 Å². The van der Waals surface area contributed by atoms with Gasteiger partial charge in [-0.25, -0.2) is 0 Å². The van der Waals surface area contributed by atoms with Crippen LogP contribution in [0.15, 0.2) is 24.3 Å². The fourth-order valence-corrected chi connectivity index (χ4v) is 1.53. The van der Waals surface area contributed by atoms with Gasteiger partial charge in [-0.15, -0.1) is 0 Å². The zero-order valence-electron chi connectivity index (χ0n) is 9.62. The topological polar surface area (TPSA) is 84.2 Å². The number of carbonyl (C=O) groups is 2. The maximum absolute atomic E-state index is 11.8. The molecule has 1 saturated carbocycles. The minimum Gasteiger partial charge on any atom is -0.355 e. The molecule has 1 aliphatic carbocycles. The first-order valence-electron chi connectivity index (χ1n) is 5.48. The Bertz CT molecular complexity index is 467. The Morgan fingerprint density at radius 3 is 2.53 bits per heavy atom. The Morgan fingerprint density at radius 2 is 1.94 bits per heavy atom. The third kappa shape index (κ3) is 2.29. The van der Waals surface area contributed by atoms with E-state index in [1.165, 1.54) is 0 Å². The highest BCUT2D eigenvalue weighted by Crippen LogP contribution is 2.33. The SMILES string of the molecule is CNC(=O)c1ccccc1NC(=O)C1(N)CC1. The molecule has 1 aromatic rings. The van der Waals surface area contributed by atoms with Gasteiger partial charge >= 0.3 is 0 Å². The first-order chi connectivity index (χ1) is 8.07. The van der Waals surface area contributed by atoms with Gasteiger partial charge in [-0.05, 0) is 25.0 Å². The fourth-order valence-electron chi connectivity index (χ4n) is 1.53. The van der Waals surface area contributed by atoms with Gasteiger partial charge in [-0.3, -0.25) is 9.59 Å². The maximum atomic E-state index is 11.8. The van der Waals surface area contributed by atoms with E-state index in [1.807, 2.05) is 0 Å². The molecule has 17 heavy (non-hydrogen) atoms. The third-order valence-corrected chi connectivity index (χ3v) is 2.89. The standard InChI is InChI=1S/C12H15N3O2/c1-14-10(16)8-4-2-3-5-9(8)15-11(17)12(13)6-7-12/h2-5H,6-7,13H2,1H3,(H,14,16)(H,15,17). The van der Waals surface area contributed by atoms with Crippen LogP contribution in [0.4, 0.5) is 5.69 Å². The van der Waals surface area contributed by atoms with Gasteiger partial charge in [0.15, 0.2) is 0 Å². The molecule has 1 aromatic carbocycles. The van der Waals surface area contributed by atoms with E-state index in [4.69, 9.17) is 5.73 Å². The van der Waals surface area contributed by atoms with Crippen molar-refractivity contribution in [3.63, 3.8) is 0 Å². The lowest BCUT2D eigenvalue weighted by Crippen LogP contribution is -2.38. The molecule has 5 nitrogen and oxygen atoms in total. The molecule has 90 valence electrons. The predicted octanol–water partition coefficient (Wildman–Crippen LogP) is 0.476. The van der Waals surface area contributed by atoms with Crippen molar-refractivity contribution < 1.29 is 9.59 Å². The smallest absolute Gasteiger partial charge is 0.253 e. The quantitative estimate of drug-likeness (QED) is 0.709. The van der Waals surface area contributed by atoms with E-state index in [1.54, 1.807) is 31.3 Å². The molecule has 0 saturated heterocycles. The third-order valence-electron chi connectivity index (χ3n) is 2.89. The molecule has 0 heterocycles. The fraction of sp³-hybridized carbons (Fsp3) is 0.333. The molecule has 0 spiro atoms. The van der Waals surface area contributed by atoms with Crippen LogP contribution >= 0.6 is 0 Å². The van der Waals surface area contributed by atoms with Crippen LogP contribution in [0.3, 0.4) is 0 Å². The molecule has 0 radical (unpaired) electrons. The predicted molar refractivity (Wildman–Crippen MR) is 64.6 cm³/mol. The number of nitrogens with one attached hydrogen (secondary N) is 2. The van der Waals surface area contributed by atoms with Crippen molar-refractivity contribution in [2.75, 3.05) is 12.4 Å². The van der Waals surface area contributed by atoms with E-state index in [2.05, 4.69) is 10.6 Å². The van der Waals surface area contributed by atoms with Crippen LogP contribution in [-0.2, 0) is 4.79 Å². The van der Waals surface area contributed by atoms with Crippen LogP contribution in [0.25, 0.3) is 0 Å². The summed E-state index contributed by atoms with van der Waals surface area (Å²) in [7, 11) is 1.55. The summed E-state index contributed by atoms with van der Waals surface area (Å²) in [5.41, 5.74) is 5.98. The highest BCUT2D eigenvalue weighted by atomic mass is 16.2. The first kappa shape index (κ1) is 11.6. The van der Waals surface area contributed by atoms with Crippen molar-refractivity contribution in [2.24, 2.45) is 5.73 Å². The van der Waals surface area contributed by atoms with E-state index in [-0.39, 0.29) is 11.8 Å². The Kier molecular flexibility index (Phi) is 2.85. The summed E-state index contributed by atoms with van der Waals surface area (Å²) >= 11 is 0. The molecule has 0 aromatic heterocycles. The van der Waals surface area contributed by atoms with Crippen LogP contribution < -0.4 is 16.4 Å². The summed E-state index contributed by atoms with van der Waals surface area (Å²) in [6.07, 6.45) is 1.39. The number of hydrogen-bond acceptors (Lipinski definition) is 3. The van der Waals surface area contributed by atoms with E-state index < -0.39 is 5.54 Å². The number of amides is 2. The Hall–Kier alpha value is -1.88. The zero-order valence-corrected chi connectivity index (χ0v) is 9.62. The van der Waals surface area contributed by atoms with Gasteiger partial charge in [0.25, 0.3) is 5.91 Å². The minimum atomic E-state index is -0.740. The van der Waals surface area contributed by atoms with Crippen molar-refractivity contribution in [1.29, 1.82) is 0 Å². The maximum Gasteiger partial charge on any atom is 0.253 e. The van der Waals surface area contributed by atoms with Crippen molar-refractivity contribution in [3.8, 4) is 0 Å². The molecule has 2 amide bonds. The van der Waals surface area contributed by atoms with Crippen LogP contribution in [0.5, 0.6) is 0 Å². The van der Waals surface area contributed by atoms with E-state index in [9.17, 15) is 9.59 Å². The number of nitrogens with two attached hydrogens (primary N) is 1. The largest absolute Gasteiger partial charge is 0.355 e. The molecule has 1 fully saturated rings. The van der Waals surface area contributed by atoms with Gasteiger partial charge in [-0.2, -0.15) is 0 Å². The van der Waals surface area contributed by atoms with Crippen LogP contribution in [-0.4, -0.2) is 24.4 Å². The summed E-state index contributed by atoms with van der Waals surface area (Å²) in [4.78, 5) is 23.4. The summed E-state index contributed by atoms with van der Waals surface area (Å²) in [6.45, 7) is 0. The Balaban J connectivity index is 2.20. The average molecular weight is 233 g/mol. The average Bonchev–Trinajstić information content (AvgIpc) is 3.08. The molecule has 0 unspecified atom stereocenters. The first-order valence-corrected chi connectivity index (χ1v) is 5.48. The van der Waals surface area contributed by atoms with Crippen molar-refractivity contribution >= 4 is 17.5 Å². The molecule has 0 aliphatic heterocycles. The molecule has 1 aliphatic rings. The molecule has 2 rings (SSSR count). The van der Waals surface area contributed by atoms with Crippen molar-refractivity contribution in [2.45, 2.75) is 18.4 Å². The molecular formula is C12H15N3O2. The molecule has 5 heteroatoms. The second kappa shape index (κ2) is 4.18. The van der Waals surface area contributed by atoms with E-state index in [0.717, 1.165) is 0 Å². The lowest BCUT2D eigenvalue weighted by Gasteiger charge is -2.13. The summed E-state index contributed by atoms with van der Waals surface area (Å²) in [6, 6.07) is 6.85. The monoisotopic (exact) mass is 233 g/mol. The van der Waals surface area contributed by atoms with Gasteiger partial charge in [0.2, 0.25) is 5.91 Å². The number of carbonyl (C=O) groups excluding carboxylic acids is 2. The lowest BCUT2D eigenvalue weighted by molar-refractivity contribution is -0.118. The number of hydrogen-bond donors (Lipinski definition) is 3. The van der Waals surface area contributed by atoms with Gasteiger partial charge in [0.1, 0.15) is 0 Å². The summed E-state index contributed by atoms with van der Waals surface area (Å²) in [5.74, 6) is -0.461. The highest BCUT2D eigenvalue weighted by molar-refractivity contribution is 6.06. The number of benzene rings is 1.